The molecular weight excluding hydrogens is 250 g/mol. The first-order valence-electron chi connectivity index (χ1n) is 7.55. The third kappa shape index (κ3) is 5.88. The highest BCUT2D eigenvalue weighted by atomic mass is 16.5. The molecule has 1 rings (SSSR count). The van der Waals surface area contributed by atoms with Gasteiger partial charge in [0.05, 0.1) is 6.61 Å². The van der Waals surface area contributed by atoms with Crippen LogP contribution in [0.2, 0.25) is 0 Å². The molecule has 0 aliphatic rings. The third-order valence-corrected chi connectivity index (χ3v) is 3.38. The van der Waals surface area contributed by atoms with Gasteiger partial charge in [-0.05, 0) is 30.5 Å². The number of nitrogens with one attached hydrogen (secondary N) is 1. The summed E-state index contributed by atoms with van der Waals surface area (Å²) in [6, 6.07) is 2.22. The summed E-state index contributed by atoms with van der Waals surface area (Å²) < 4.78 is 5.02. The van der Waals surface area contributed by atoms with Crippen molar-refractivity contribution in [2.45, 2.75) is 39.7 Å². The fourth-order valence-electron chi connectivity index (χ4n) is 2.23. The summed E-state index contributed by atoms with van der Waals surface area (Å²) in [5.41, 5.74) is 2.47. The minimum Gasteiger partial charge on any atom is -0.383 e. The lowest BCUT2D eigenvalue weighted by Crippen LogP contribution is -2.22. The van der Waals surface area contributed by atoms with Gasteiger partial charge in [0, 0.05) is 40.0 Å². The van der Waals surface area contributed by atoms with Gasteiger partial charge in [0.15, 0.2) is 0 Å². The summed E-state index contributed by atoms with van der Waals surface area (Å²) in [4.78, 5) is 6.87. The van der Waals surface area contributed by atoms with Crippen LogP contribution in [-0.4, -0.2) is 38.8 Å². The third-order valence-electron chi connectivity index (χ3n) is 3.38. The molecule has 0 aliphatic heterocycles. The SMILES string of the molecule is CCCCCN(C)c1ncc(CNCCOC)cc1C. The standard InChI is InChI=1S/C16H29N3O/c1-5-6-7-9-19(3)16-14(2)11-15(13-18-16)12-17-8-10-20-4/h11,13,17H,5-10,12H2,1-4H3. The van der Waals surface area contributed by atoms with Gasteiger partial charge >= 0.3 is 0 Å². The Labute approximate surface area is 123 Å². The molecule has 1 aromatic rings. The largest absolute Gasteiger partial charge is 0.383 e. The Balaban J connectivity index is 2.49. The van der Waals surface area contributed by atoms with E-state index in [0.717, 1.165) is 32.1 Å². The molecule has 1 heterocycles. The molecule has 0 unspecified atom stereocenters. The molecular formula is C16H29N3O. The Morgan fingerprint density at radius 3 is 2.80 bits per heavy atom. The van der Waals surface area contributed by atoms with E-state index in [1.54, 1.807) is 7.11 Å². The predicted octanol–water partition coefficient (Wildman–Crippen LogP) is 2.75. The molecule has 0 aromatic carbocycles. The Morgan fingerprint density at radius 2 is 2.15 bits per heavy atom. The first kappa shape index (κ1) is 16.9. The summed E-state index contributed by atoms with van der Waals surface area (Å²) in [7, 11) is 3.85. The normalized spacial score (nSPS) is 10.8. The van der Waals surface area contributed by atoms with E-state index < -0.39 is 0 Å². The van der Waals surface area contributed by atoms with Crippen LogP contribution in [0, 0.1) is 6.92 Å². The molecule has 0 bridgehead atoms. The molecule has 0 fully saturated rings. The van der Waals surface area contributed by atoms with E-state index in [1.165, 1.54) is 30.4 Å². The monoisotopic (exact) mass is 279 g/mol. The summed E-state index contributed by atoms with van der Waals surface area (Å²) in [5.74, 6) is 1.10. The van der Waals surface area contributed by atoms with Crippen LogP contribution < -0.4 is 10.2 Å². The zero-order chi connectivity index (χ0) is 14.8. The van der Waals surface area contributed by atoms with Crippen LogP contribution in [0.4, 0.5) is 5.82 Å². The number of nitrogens with zero attached hydrogens (tertiary/aromatic N) is 2. The van der Waals surface area contributed by atoms with Gasteiger partial charge in [-0.1, -0.05) is 19.8 Å². The quantitative estimate of drug-likeness (QED) is 0.668. The van der Waals surface area contributed by atoms with Crippen molar-refractivity contribution < 1.29 is 4.74 Å². The van der Waals surface area contributed by atoms with E-state index >= 15 is 0 Å². The van der Waals surface area contributed by atoms with Crippen LogP contribution in [0.15, 0.2) is 12.3 Å². The van der Waals surface area contributed by atoms with Gasteiger partial charge in [-0.15, -0.1) is 0 Å². The summed E-state index contributed by atoms with van der Waals surface area (Å²) in [6.45, 7) is 7.90. The Morgan fingerprint density at radius 1 is 1.35 bits per heavy atom. The van der Waals surface area contributed by atoms with E-state index in [4.69, 9.17) is 4.74 Å². The molecule has 4 heteroatoms. The van der Waals surface area contributed by atoms with E-state index in [9.17, 15) is 0 Å². The van der Waals surface area contributed by atoms with Gasteiger partial charge in [0.2, 0.25) is 0 Å². The van der Waals surface area contributed by atoms with Gasteiger partial charge in [-0.3, -0.25) is 0 Å². The zero-order valence-corrected chi connectivity index (χ0v) is 13.4. The summed E-state index contributed by atoms with van der Waals surface area (Å²) >= 11 is 0. The highest BCUT2D eigenvalue weighted by molar-refractivity contribution is 5.46. The van der Waals surface area contributed by atoms with Gasteiger partial charge in [-0.2, -0.15) is 0 Å². The molecule has 114 valence electrons. The zero-order valence-electron chi connectivity index (χ0n) is 13.4. The summed E-state index contributed by atoms with van der Waals surface area (Å²) in [5, 5.41) is 3.34. The molecule has 0 saturated heterocycles. The van der Waals surface area contributed by atoms with Crippen molar-refractivity contribution in [1.29, 1.82) is 0 Å². The van der Waals surface area contributed by atoms with Crippen molar-refractivity contribution in [3.63, 3.8) is 0 Å². The van der Waals surface area contributed by atoms with Crippen molar-refractivity contribution in [1.82, 2.24) is 10.3 Å². The highest BCUT2D eigenvalue weighted by Gasteiger charge is 2.06. The van der Waals surface area contributed by atoms with Crippen LogP contribution in [0.3, 0.4) is 0 Å². The number of hydrogen-bond acceptors (Lipinski definition) is 4. The Bertz CT molecular complexity index is 382. The number of aryl methyl sites for hydroxylation is 1. The number of rotatable bonds is 10. The average molecular weight is 279 g/mol. The van der Waals surface area contributed by atoms with E-state index in [0.29, 0.717) is 0 Å². The van der Waals surface area contributed by atoms with Crippen LogP contribution in [0.1, 0.15) is 37.3 Å². The lowest BCUT2D eigenvalue weighted by atomic mass is 10.2. The van der Waals surface area contributed by atoms with Crippen molar-refractivity contribution in [3.8, 4) is 0 Å². The molecule has 0 aliphatic carbocycles. The molecule has 0 amide bonds. The molecule has 1 aromatic heterocycles. The number of pyridine rings is 1. The van der Waals surface area contributed by atoms with Crippen LogP contribution in [0.5, 0.6) is 0 Å². The highest BCUT2D eigenvalue weighted by Crippen LogP contribution is 2.17. The summed E-state index contributed by atoms with van der Waals surface area (Å²) in [6.07, 6.45) is 5.74. The van der Waals surface area contributed by atoms with Crippen LogP contribution in [-0.2, 0) is 11.3 Å². The number of unbranched alkanes of at least 4 members (excludes halogenated alkanes) is 2. The fourth-order valence-corrected chi connectivity index (χ4v) is 2.23. The molecule has 4 nitrogen and oxygen atoms in total. The van der Waals surface area contributed by atoms with Crippen molar-refractivity contribution in [2.24, 2.45) is 0 Å². The number of aromatic nitrogens is 1. The smallest absolute Gasteiger partial charge is 0.131 e. The molecule has 20 heavy (non-hydrogen) atoms. The van der Waals surface area contributed by atoms with Crippen LogP contribution in [0.25, 0.3) is 0 Å². The average Bonchev–Trinajstić information content (AvgIpc) is 2.44. The molecule has 1 N–H and O–H groups in total. The maximum Gasteiger partial charge on any atom is 0.131 e. The molecule has 0 atom stereocenters. The first-order valence-corrected chi connectivity index (χ1v) is 7.55. The topological polar surface area (TPSA) is 37.4 Å². The van der Waals surface area contributed by atoms with Crippen molar-refractivity contribution in [3.05, 3.63) is 23.4 Å². The fraction of sp³-hybridized carbons (Fsp3) is 0.688. The number of methoxy groups -OCH3 is 1. The number of ether oxygens (including phenoxy) is 1. The minimum absolute atomic E-state index is 0.741. The second kappa shape index (κ2) is 9.72. The maximum atomic E-state index is 5.02. The van der Waals surface area contributed by atoms with Gasteiger partial charge in [0.25, 0.3) is 0 Å². The molecule has 0 saturated carbocycles. The Hall–Kier alpha value is -1.13. The molecule has 0 radical (unpaired) electrons. The Kier molecular flexibility index (Phi) is 8.23. The lowest BCUT2D eigenvalue weighted by molar-refractivity contribution is 0.199. The van der Waals surface area contributed by atoms with E-state index in [1.807, 2.05) is 6.20 Å². The minimum atomic E-state index is 0.741. The van der Waals surface area contributed by atoms with Crippen molar-refractivity contribution in [2.75, 3.05) is 38.8 Å². The van der Waals surface area contributed by atoms with E-state index in [2.05, 4.69) is 42.2 Å². The van der Waals surface area contributed by atoms with Gasteiger partial charge in [0.1, 0.15) is 5.82 Å². The van der Waals surface area contributed by atoms with Gasteiger partial charge in [-0.25, -0.2) is 4.98 Å². The second-order valence-corrected chi connectivity index (χ2v) is 5.28. The lowest BCUT2D eigenvalue weighted by Gasteiger charge is -2.20. The molecule has 0 spiro atoms. The number of anilines is 1. The van der Waals surface area contributed by atoms with Crippen molar-refractivity contribution >= 4 is 5.82 Å². The number of hydrogen-bond donors (Lipinski definition) is 1. The maximum absolute atomic E-state index is 5.02. The second-order valence-electron chi connectivity index (χ2n) is 5.28. The first-order chi connectivity index (χ1) is 9.69. The van der Waals surface area contributed by atoms with E-state index in [-0.39, 0.29) is 0 Å². The predicted molar refractivity (Wildman–Crippen MR) is 85.4 cm³/mol. The van der Waals surface area contributed by atoms with Gasteiger partial charge < -0.3 is 15.0 Å². The van der Waals surface area contributed by atoms with Crippen LogP contribution >= 0.6 is 0 Å².